The van der Waals surface area contributed by atoms with Crippen molar-refractivity contribution in [2.75, 3.05) is 14.2 Å². The van der Waals surface area contributed by atoms with Crippen LogP contribution in [0.4, 0.5) is 0 Å². The predicted molar refractivity (Wildman–Crippen MR) is 273 cm³/mol. The molecule has 8 fully saturated rings. The largest absolute Gasteiger partial charge is 0.469 e. The molecule has 0 bridgehead atoms. The van der Waals surface area contributed by atoms with Crippen molar-refractivity contribution in [1.29, 1.82) is 0 Å². The van der Waals surface area contributed by atoms with Crippen LogP contribution in [0.15, 0.2) is 47.6 Å². The summed E-state index contributed by atoms with van der Waals surface area (Å²) in [6.07, 6.45) is 25.7. The minimum absolute atomic E-state index is 0.0291. The van der Waals surface area contributed by atoms with E-state index in [2.05, 4.69) is 121 Å². The average Bonchev–Trinajstić information content (AvgIpc) is 3.82. The molecule has 2 saturated heterocycles. The van der Waals surface area contributed by atoms with Gasteiger partial charge in [-0.2, -0.15) is 0 Å². The van der Waals surface area contributed by atoms with E-state index in [4.69, 9.17) is 29.0 Å². The maximum absolute atomic E-state index is 14.6. The van der Waals surface area contributed by atoms with Crippen LogP contribution in [-0.2, 0) is 48.2 Å². The Kier molecular flexibility index (Phi) is 10.6. The summed E-state index contributed by atoms with van der Waals surface area (Å²) in [6.45, 7) is 32.0. The molecule has 0 N–H and O–H groups in total. The van der Waals surface area contributed by atoms with Crippen LogP contribution in [0.5, 0.6) is 0 Å². The van der Waals surface area contributed by atoms with Crippen LogP contribution in [0.3, 0.4) is 0 Å². The summed E-state index contributed by atoms with van der Waals surface area (Å²) in [6, 6.07) is 0. The Morgan fingerprint density at radius 1 is 0.500 bits per heavy atom. The molecule has 2 spiro atoms. The van der Waals surface area contributed by atoms with Gasteiger partial charge >= 0.3 is 11.9 Å². The smallest absolute Gasteiger partial charge is 0.311 e. The SMILES string of the molecule is COC(=O)[C@@]1(C)CC[C@]2(C)CC[C@]3(C)C(=CC(=O)[C@@]45OO[C@H]6C=CC(C)(C)[C@H](CC[C@]43C)[C@]65C)[C@@H]2C1.COC(=O)[C@@]1(C)CC[C@]2(C)CC[C@]3(C)C(=CC(=O)[C@@]45OO[C@H]6C=CC(C)(C)[C@H](CC[C@]43C)[C@]65C)[C@@H]2C1. The van der Waals surface area contributed by atoms with Gasteiger partial charge in [0.25, 0.3) is 0 Å². The van der Waals surface area contributed by atoms with E-state index < -0.39 is 43.7 Å². The minimum Gasteiger partial charge on any atom is -0.469 e. The van der Waals surface area contributed by atoms with Gasteiger partial charge in [-0.25, -0.2) is 19.6 Å². The summed E-state index contributed by atoms with van der Waals surface area (Å²) in [5, 5.41) is 0. The number of ether oxygens (including phenoxy) is 2. The van der Waals surface area contributed by atoms with Gasteiger partial charge in [-0.05, 0) is 172 Å². The van der Waals surface area contributed by atoms with Crippen LogP contribution >= 0.6 is 0 Å². The number of carbonyl (C=O) groups is 4. The minimum atomic E-state index is -1.01. The lowest BCUT2D eigenvalue weighted by molar-refractivity contribution is -0.350. The van der Waals surface area contributed by atoms with Gasteiger partial charge in [0.1, 0.15) is 12.2 Å². The lowest BCUT2D eigenvalue weighted by Crippen LogP contribution is -2.75. The summed E-state index contributed by atoms with van der Waals surface area (Å²) in [7, 11) is 2.99. The van der Waals surface area contributed by atoms with Gasteiger partial charge in [-0.1, -0.05) is 119 Å². The molecule has 12 aliphatic rings. The molecule has 0 aromatic carbocycles. The van der Waals surface area contributed by atoms with E-state index in [9.17, 15) is 19.2 Å². The Labute approximate surface area is 430 Å². The molecule has 18 atom stereocenters. The highest BCUT2D eigenvalue weighted by molar-refractivity contribution is 6.02. The van der Waals surface area contributed by atoms with Gasteiger partial charge in [-0.3, -0.25) is 19.2 Å². The molecule has 10 heteroatoms. The van der Waals surface area contributed by atoms with Gasteiger partial charge in [0.05, 0.1) is 25.0 Å². The molecular weight excluding hydrogens is 905 g/mol. The average molecular weight is 993 g/mol. The molecule has 0 aromatic rings. The Morgan fingerprint density at radius 2 is 0.847 bits per heavy atom. The van der Waals surface area contributed by atoms with Crippen molar-refractivity contribution in [3.8, 4) is 0 Å². The monoisotopic (exact) mass is 993 g/mol. The number of allylic oxidation sites excluding steroid dienone is 4. The van der Waals surface area contributed by atoms with Gasteiger partial charge in [-0.15, -0.1) is 0 Å². The maximum Gasteiger partial charge on any atom is 0.311 e. The standard InChI is InChI=1S/2C31H44O5/c2*1-25(2)11-10-23-30(7)21(25)9-12-29(6)28(5)16-15-26(3)13-14-27(4,24(33)34-8)18-20(26)19(28)17-22(32)31(29,30)36-35-23/h2*10-11,17,20-21,23H,9,12-16,18H2,1-8H3/t2*20-,21-,23-,26+,27-,28+,29-,30+,31+/m00/s1. The van der Waals surface area contributed by atoms with E-state index in [1.165, 1.54) is 25.4 Å². The van der Waals surface area contributed by atoms with Crippen molar-refractivity contribution in [1.82, 2.24) is 0 Å². The molecule has 10 nitrogen and oxygen atoms in total. The molecule has 72 heavy (non-hydrogen) atoms. The van der Waals surface area contributed by atoms with Gasteiger partial charge in [0.2, 0.25) is 0 Å². The normalized spacial score (nSPS) is 54.5. The molecule has 0 amide bonds. The summed E-state index contributed by atoms with van der Waals surface area (Å²) >= 11 is 0. The third-order valence-electron chi connectivity index (χ3n) is 26.3. The predicted octanol–water partition coefficient (Wildman–Crippen LogP) is 12.7. The van der Waals surface area contributed by atoms with E-state index in [0.29, 0.717) is 11.8 Å². The maximum atomic E-state index is 14.6. The molecule has 10 aliphatic carbocycles. The third kappa shape index (κ3) is 5.58. The topological polar surface area (TPSA) is 124 Å². The molecule has 0 radical (unpaired) electrons. The van der Waals surface area contributed by atoms with Crippen molar-refractivity contribution in [3.05, 3.63) is 47.6 Å². The van der Waals surface area contributed by atoms with Crippen molar-refractivity contribution >= 4 is 23.5 Å². The highest BCUT2D eigenvalue weighted by atomic mass is 17.2. The first-order valence-corrected chi connectivity index (χ1v) is 28.1. The lowest BCUT2D eigenvalue weighted by atomic mass is 9.32. The Bertz CT molecular complexity index is 2380. The van der Waals surface area contributed by atoms with Gasteiger partial charge < -0.3 is 9.47 Å². The number of fused-ring (bicyclic) bond motifs is 8. The second kappa shape index (κ2) is 15.0. The first-order valence-electron chi connectivity index (χ1n) is 28.1. The van der Waals surface area contributed by atoms with E-state index in [0.717, 1.165) is 89.9 Å². The number of rotatable bonds is 2. The van der Waals surface area contributed by atoms with E-state index in [1.807, 2.05) is 12.2 Å². The van der Waals surface area contributed by atoms with Crippen molar-refractivity contribution in [2.45, 2.75) is 210 Å². The molecule has 6 saturated carbocycles. The van der Waals surface area contributed by atoms with E-state index in [-0.39, 0.29) is 80.0 Å². The van der Waals surface area contributed by atoms with Crippen LogP contribution in [0, 0.1) is 88.7 Å². The number of hydrogen-bond donors (Lipinski definition) is 0. The van der Waals surface area contributed by atoms with Crippen LogP contribution in [-0.4, -0.2) is 61.1 Å². The Morgan fingerprint density at radius 3 is 1.19 bits per heavy atom. The zero-order valence-electron chi connectivity index (χ0n) is 46.9. The summed E-state index contributed by atoms with van der Waals surface area (Å²) < 4.78 is 10.5. The summed E-state index contributed by atoms with van der Waals surface area (Å²) in [4.78, 5) is 80.0. The first-order chi connectivity index (χ1) is 33.3. The fourth-order valence-corrected chi connectivity index (χ4v) is 21.1. The second-order valence-corrected chi connectivity index (χ2v) is 29.9. The third-order valence-corrected chi connectivity index (χ3v) is 26.3. The number of ketones is 2. The van der Waals surface area contributed by atoms with Crippen LogP contribution < -0.4 is 0 Å². The molecule has 2 aliphatic heterocycles. The highest BCUT2D eigenvalue weighted by Crippen LogP contribution is 2.81. The van der Waals surface area contributed by atoms with Crippen molar-refractivity contribution in [2.24, 2.45) is 88.7 Å². The van der Waals surface area contributed by atoms with Gasteiger partial charge in [0, 0.05) is 21.7 Å². The van der Waals surface area contributed by atoms with Gasteiger partial charge in [0.15, 0.2) is 22.8 Å². The van der Waals surface area contributed by atoms with Crippen molar-refractivity contribution < 1.29 is 48.2 Å². The van der Waals surface area contributed by atoms with Crippen LogP contribution in [0.25, 0.3) is 0 Å². The van der Waals surface area contributed by atoms with E-state index in [1.54, 1.807) is 0 Å². The number of carbonyl (C=O) groups excluding carboxylic acids is 4. The molecular formula is C62H88O10. The number of hydrogen-bond acceptors (Lipinski definition) is 10. The lowest BCUT2D eigenvalue weighted by Gasteiger charge is -2.70. The molecule has 0 unspecified atom stereocenters. The number of esters is 2. The van der Waals surface area contributed by atoms with Crippen LogP contribution in [0.2, 0.25) is 0 Å². The highest BCUT2D eigenvalue weighted by Gasteiger charge is 2.84. The molecule has 396 valence electrons. The molecule has 12 rings (SSSR count). The zero-order valence-corrected chi connectivity index (χ0v) is 46.9. The fourth-order valence-electron chi connectivity index (χ4n) is 21.1. The van der Waals surface area contributed by atoms with E-state index >= 15 is 0 Å². The molecule has 2 heterocycles. The Balaban J connectivity index is 0.000000156. The Hall–Kier alpha value is -2.92. The van der Waals surface area contributed by atoms with Crippen LogP contribution in [0.1, 0.15) is 187 Å². The second-order valence-electron chi connectivity index (χ2n) is 29.9. The first kappa shape index (κ1) is 51.2. The molecule has 0 aromatic heterocycles. The number of methoxy groups -OCH3 is 2. The quantitative estimate of drug-likeness (QED) is 0.150. The van der Waals surface area contributed by atoms with Crippen molar-refractivity contribution in [3.63, 3.8) is 0 Å². The summed E-state index contributed by atoms with van der Waals surface area (Å²) in [5.74, 6) is 0.857. The summed E-state index contributed by atoms with van der Waals surface area (Å²) in [5.41, 5.74) is -2.52. The zero-order chi connectivity index (χ0) is 52.3. The fraction of sp³-hybridized carbons (Fsp3) is 0.806.